The number of benzene rings is 1. The molecule has 2 heterocycles. The molecular formula is C26H30N2O4S. The Morgan fingerprint density at radius 2 is 1.94 bits per heavy atom. The third kappa shape index (κ3) is 5.85. The monoisotopic (exact) mass is 466 g/mol. The molecule has 1 aliphatic carbocycles. The van der Waals surface area contributed by atoms with Crippen LogP contribution in [0.1, 0.15) is 54.3 Å². The zero-order valence-electron chi connectivity index (χ0n) is 18.9. The number of rotatable bonds is 9. The van der Waals surface area contributed by atoms with Crippen molar-refractivity contribution < 1.29 is 18.7 Å². The lowest BCUT2D eigenvalue weighted by molar-refractivity contribution is -0.141. The number of methoxy groups -OCH3 is 1. The molecule has 6 nitrogen and oxygen atoms in total. The van der Waals surface area contributed by atoms with E-state index in [9.17, 15) is 9.59 Å². The molecule has 0 unspecified atom stereocenters. The molecule has 7 heteroatoms. The van der Waals surface area contributed by atoms with Gasteiger partial charge >= 0.3 is 0 Å². The zero-order valence-corrected chi connectivity index (χ0v) is 19.7. The molecular weight excluding hydrogens is 436 g/mol. The summed E-state index contributed by atoms with van der Waals surface area (Å²) < 4.78 is 11.0. The minimum atomic E-state index is -0.723. The van der Waals surface area contributed by atoms with Crippen molar-refractivity contribution in [3.63, 3.8) is 0 Å². The van der Waals surface area contributed by atoms with Gasteiger partial charge in [-0.3, -0.25) is 9.59 Å². The number of nitrogens with zero attached hydrogens (tertiary/aromatic N) is 1. The third-order valence-corrected chi connectivity index (χ3v) is 7.01. The van der Waals surface area contributed by atoms with E-state index in [0.717, 1.165) is 36.1 Å². The number of carbonyl (C=O) groups excluding carboxylic acids is 2. The fourth-order valence-corrected chi connectivity index (χ4v) is 5.24. The van der Waals surface area contributed by atoms with Gasteiger partial charge in [-0.1, -0.05) is 43.5 Å². The van der Waals surface area contributed by atoms with Gasteiger partial charge in [0.05, 0.1) is 26.3 Å². The Kier molecular flexibility index (Phi) is 7.83. The van der Waals surface area contributed by atoms with Gasteiger partial charge in [0.25, 0.3) is 0 Å². The molecule has 2 aromatic heterocycles. The van der Waals surface area contributed by atoms with Crippen molar-refractivity contribution in [3.8, 4) is 5.75 Å². The second-order valence-corrected chi connectivity index (χ2v) is 9.33. The molecule has 174 valence electrons. The van der Waals surface area contributed by atoms with Crippen LogP contribution in [0, 0.1) is 0 Å². The molecule has 1 aliphatic rings. The van der Waals surface area contributed by atoms with Crippen LogP contribution in [0.5, 0.6) is 5.75 Å². The number of thiophene rings is 1. The molecule has 0 bridgehead atoms. The van der Waals surface area contributed by atoms with Gasteiger partial charge < -0.3 is 19.4 Å². The van der Waals surface area contributed by atoms with Crippen LogP contribution in [0.15, 0.2) is 64.6 Å². The first kappa shape index (κ1) is 23.1. The van der Waals surface area contributed by atoms with Gasteiger partial charge in [-0.25, -0.2) is 0 Å². The van der Waals surface area contributed by atoms with Crippen LogP contribution in [0.3, 0.4) is 0 Å². The van der Waals surface area contributed by atoms with Crippen molar-refractivity contribution in [2.75, 3.05) is 7.11 Å². The number of carbonyl (C=O) groups is 2. The van der Waals surface area contributed by atoms with E-state index in [1.54, 1.807) is 30.4 Å². The second kappa shape index (κ2) is 11.2. The van der Waals surface area contributed by atoms with E-state index in [2.05, 4.69) is 5.32 Å². The van der Waals surface area contributed by atoms with Gasteiger partial charge in [0.2, 0.25) is 11.8 Å². The molecule has 1 saturated carbocycles. The van der Waals surface area contributed by atoms with Gasteiger partial charge in [0, 0.05) is 16.5 Å². The normalized spacial score (nSPS) is 15.1. The molecule has 0 aliphatic heterocycles. The van der Waals surface area contributed by atoms with Crippen molar-refractivity contribution >= 4 is 23.2 Å². The Morgan fingerprint density at radius 3 is 2.64 bits per heavy atom. The first-order valence-electron chi connectivity index (χ1n) is 11.4. The molecule has 0 spiro atoms. The van der Waals surface area contributed by atoms with Crippen LogP contribution in [0.4, 0.5) is 0 Å². The van der Waals surface area contributed by atoms with Crippen LogP contribution in [0.25, 0.3) is 0 Å². The second-order valence-electron chi connectivity index (χ2n) is 8.35. The number of furan rings is 1. The van der Waals surface area contributed by atoms with Gasteiger partial charge in [-0.2, -0.15) is 0 Å². The molecule has 0 saturated heterocycles. The summed E-state index contributed by atoms with van der Waals surface area (Å²) in [6.07, 6.45) is 7.06. The lowest BCUT2D eigenvalue weighted by atomic mass is 9.95. The SMILES string of the molecule is COc1ccccc1CN(C(=O)Cc1ccco1)[C@@H](C(=O)NC1CCCCC1)c1cccs1. The van der Waals surface area contributed by atoms with Crippen molar-refractivity contribution in [3.05, 3.63) is 76.4 Å². The minimum absolute atomic E-state index is 0.0841. The van der Waals surface area contributed by atoms with Crippen LogP contribution in [0.2, 0.25) is 0 Å². The van der Waals surface area contributed by atoms with Gasteiger partial charge in [0.1, 0.15) is 17.6 Å². The maximum absolute atomic E-state index is 13.6. The summed E-state index contributed by atoms with van der Waals surface area (Å²) in [5.74, 6) is 0.952. The van der Waals surface area contributed by atoms with Crippen LogP contribution >= 0.6 is 11.3 Å². The molecule has 3 aromatic rings. The topological polar surface area (TPSA) is 71.8 Å². The first-order chi connectivity index (χ1) is 16.2. The fourth-order valence-electron chi connectivity index (χ4n) is 4.40. The number of amides is 2. The summed E-state index contributed by atoms with van der Waals surface area (Å²) in [5.41, 5.74) is 0.847. The largest absolute Gasteiger partial charge is 0.496 e. The van der Waals surface area contributed by atoms with Gasteiger partial charge in [0.15, 0.2) is 0 Å². The zero-order chi connectivity index (χ0) is 23.0. The van der Waals surface area contributed by atoms with Crippen molar-refractivity contribution in [1.29, 1.82) is 0 Å². The molecule has 2 amide bonds. The van der Waals surface area contributed by atoms with E-state index in [1.165, 1.54) is 17.8 Å². The summed E-state index contributed by atoms with van der Waals surface area (Å²) in [4.78, 5) is 29.7. The summed E-state index contributed by atoms with van der Waals surface area (Å²) in [7, 11) is 1.61. The number of nitrogens with one attached hydrogen (secondary N) is 1. The average molecular weight is 467 g/mol. The predicted molar refractivity (Wildman–Crippen MR) is 128 cm³/mol. The van der Waals surface area contributed by atoms with Gasteiger partial charge in [-0.05, 0) is 42.5 Å². The molecule has 1 fully saturated rings. The lowest BCUT2D eigenvalue weighted by Crippen LogP contribution is -2.47. The van der Waals surface area contributed by atoms with Crippen molar-refractivity contribution in [1.82, 2.24) is 10.2 Å². The average Bonchev–Trinajstić information content (AvgIpc) is 3.54. The fraction of sp³-hybridized carbons (Fsp3) is 0.385. The molecule has 4 rings (SSSR count). The van der Waals surface area contributed by atoms with Crippen molar-refractivity contribution in [2.24, 2.45) is 0 Å². The Hall–Kier alpha value is -3.06. The Morgan fingerprint density at radius 1 is 1.12 bits per heavy atom. The van der Waals surface area contributed by atoms with E-state index < -0.39 is 6.04 Å². The highest BCUT2D eigenvalue weighted by Crippen LogP contribution is 2.31. The maximum atomic E-state index is 13.6. The first-order valence-corrected chi connectivity index (χ1v) is 12.3. The van der Waals surface area contributed by atoms with E-state index in [-0.39, 0.29) is 30.8 Å². The Labute approximate surface area is 198 Å². The smallest absolute Gasteiger partial charge is 0.248 e. The van der Waals surface area contributed by atoms with E-state index in [4.69, 9.17) is 9.15 Å². The third-order valence-electron chi connectivity index (χ3n) is 6.08. The van der Waals surface area contributed by atoms with Crippen LogP contribution < -0.4 is 10.1 Å². The molecule has 33 heavy (non-hydrogen) atoms. The Balaban J connectivity index is 1.66. The highest BCUT2D eigenvalue weighted by Gasteiger charge is 2.34. The van der Waals surface area contributed by atoms with Gasteiger partial charge in [-0.15, -0.1) is 11.3 Å². The standard InChI is InChI=1S/C26H30N2O4S/c1-31-22-13-6-5-9-19(22)18-28(24(29)17-21-12-7-15-32-21)25(23-14-8-16-33-23)26(30)27-20-10-3-2-4-11-20/h5-9,12-16,20,25H,2-4,10-11,17-18H2,1H3,(H,27,30)/t25-/m1/s1. The predicted octanol–water partition coefficient (Wildman–Crippen LogP) is 5.11. The number of para-hydroxylation sites is 1. The van der Waals surface area contributed by atoms with E-state index >= 15 is 0 Å². The number of hydrogen-bond acceptors (Lipinski definition) is 5. The summed E-state index contributed by atoms with van der Waals surface area (Å²) in [6.45, 7) is 0.254. The van der Waals surface area contributed by atoms with Crippen LogP contribution in [-0.4, -0.2) is 29.9 Å². The molecule has 1 aromatic carbocycles. The van der Waals surface area contributed by atoms with E-state index in [1.807, 2.05) is 41.8 Å². The Bertz CT molecular complexity index is 1030. The molecule has 1 atom stereocenters. The molecule has 1 N–H and O–H groups in total. The maximum Gasteiger partial charge on any atom is 0.248 e. The minimum Gasteiger partial charge on any atom is -0.496 e. The molecule has 0 radical (unpaired) electrons. The van der Waals surface area contributed by atoms with E-state index in [0.29, 0.717) is 11.5 Å². The quantitative estimate of drug-likeness (QED) is 0.476. The lowest BCUT2D eigenvalue weighted by Gasteiger charge is -2.33. The summed E-state index contributed by atoms with van der Waals surface area (Å²) >= 11 is 1.49. The summed E-state index contributed by atoms with van der Waals surface area (Å²) in [6, 6.07) is 14.4. The summed E-state index contributed by atoms with van der Waals surface area (Å²) in [5, 5.41) is 5.17. The van der Waals surface area contributed by atoms with Crippen molar-refractivity contribution in [2.45, 2.75) is 57.2 Å². The number of hydrogen-bond donors (Lipinski definition) is 1. The van der Waals surface area contributed by atoms with Crippen LogP contribution in [-0.2, 0) is 22.6 Å². The highest BCUT2D eigenvalue weighted by molar-refractivity contribution is 7.10. The number of ether oxygens (including phenoxy) is 1. The highest BCUT2D eigenvalue weighted by atomic mass is 32.1.